The van der Waals surface area contributed by atoms with Crippen LogP contribution in [0.1, 0.15) is 126 Å². The largest absolute Gasteiger partial charge is 0.473 e. The Morgan fingerprint density at radius 1 is 0.243 bits per heavy atom. The van der Waals surface area contributed by atoms with E-state index in [-0.39, 0.29) is 126 Å². The maximum Gasteiger partial charge on any atom is 0.180 e. The molecule has 148 heavy (non-hydrogen) atoms. The zero-order valence-corrected chi connectivity index (χ0v) is 74.9. The minimum atomic E-state index is 0. The van der Waals surface area contributed by atoms with Gasteiger partial charge in [-0.1, -0.05) is 210 Å². The predicted molar refractivity (Wildman–Crippen MR) is 639 cm³/mol. The molecule has 0 spiro atoms. The van der Waals surface area contributed by atoms with E-state index in [1.807, 2.05) is 180 Å². The Morgan fingerprint density at radius 3 is 1.06 bits per heavy atom. The van der Waals surface area contributed by atoms with E-state index in [0.29, 0.717) is 0 Å². The highest BCUT2D eigenvalue weighted by atomic mass is 32.1. The fraction of sp³-hybridized carbons (Fsp3) is 0.153. The summed E-state index contributed by atoms with van der Waals surface area (Å²) in [6.45, 7) is 0. The van der Waals surface area contributed by atoms with Gasteiger partial charge in [-0.05, 0) is 195 Å². The van der Waals surface area contributed by atoms with Crippen LogP contribution in [0.3, 0.4) is 0 Å². The summed E-state index contributed by atoms with van der Waals surface area (Å²) in [4.78, 5) is 68.3. The van der Waals surface area contributed by atoms with Crippen molar-refractivity contribution in [1.82, 2.24) is 140 Å². The third-order valence-electron chi connectivity index (χ3n) is 13.4. The Bertz CT molecular complexity index is 4970. The molecule has 37 heteroatoms. The number of thiazole rings is 1. The van der Waals surface area contributed by atoms with Gasteiger partial charge in [0.2, 0.25) is 0 Å². The van der Waals surface area contributed by atoms with Gasteiger partial charge in [0, 0.05) is 185 Å². The molecule has 31 nitrogen and oxygen atoms in total. The van der Waals surface area contributed by atoms with E-state index in [1.165, 1.54) is 79.8 Å². The molecule has 26 rings (SSSR count). The van der Waals surface area contributed by atoms with Crippen LogP contribution in [0.15, 0.2) is 524 Å². The molecule has 0 fully saturated rings. The number of oxazole rings is 1. The Hall–Kier alpha value is -17.1. The van der Waals surface area contributed by atoms with Crippen molar-refractivity contribution in [2.75, 3.05) is 0 Å². The van der Waals surface area contributed by atoms with Gasteiger partial charge in [0.25, 0.3) is 0 Å². The molecule has 0 saturated heterocycles. The fourth-order valence-corrected chi connectivity index (χ4v) is 11.8. The monoisotopic (exact) mass is 2120 g/mol. The van der Waals surface area contributed by atoms with Crippen molar-refractivity contribution in [3.8, 4) is 0 Å². The highest BCUT2D eigenvalue weighted by Gasteiger charge is 1.93. The van der Waals surface area contributed by atoms with Crippen molar-refractivity contribution in [3.63, 3.8) is 0 Å². The molecule has 0 amide bonds. The molecule has 0 radical (unpaired) electrons. The van der Waals surface area contributed by atoms with E-state index < -0.39 is 0 Å². The number of thiophene rings is 4. The standard InChI is InChI=1S/C8H6N2.C8H7N.C8H6S.C7H6N2.C6H4S2.C5H5N.5C4H4N2.C4H5N.C4H4O.C4H4S.2C3H4N2.2C3H3NO.2C3H3NS.C2H3N3.17CH4/c1-2-4-8-7(3-1)9-5-6-10-8;2*1-2-4-8-7(3-1)5-6-9-8;1-2-4-7-6(3-1)8-5-9-7;1-3-7-6-2-4-8-5(1)6;1-2-4-6-5-3-1;1-2-6-4-3-5-1;3*1-2-5-4-6-3-1;1-2-4-6-5-3-1;3*1-2-4-5-3-1;1-2-5-3-4-1;1-2-4-5-3-1;1-2-5-3-4-1;1-2-4-5-3-1;1-2-5-3-4-1;2*1-2-4-5-3-1;;;;;;;;;;;;;;;;;/h1-6H;1-6,9H;1-6H;1-5H,(H,8,9);1-4H;1-5H;5*1-4H;1-5H;2*1-4H;2*1-3H,(H,4,5);4*1-3H;1-2H,(H,3,4,5);17*1H4. The maximum atomic E-state index is 4.58. The fourth-order valence-electron chi connectivity index (χ4n) is 8.00. The SMILES string of the molecule is C.C.C.C.C.C.C.C.C.C.C.C.C.C.C.C.C.c1c[nH]cn1.c1cc2sccc2s1.c1cc[nH]c1.c1ccc2[nH]ccc2c1.c1ccc2[nH]cnc2c1.c1ccc2nccnc2c1.c1ccc2sccc2c1.c1ccncc1.c1ccnnc1.c1ccoc1.c1ccsc1.c1cn[nH]c1.c1cn[nH]n1.c1cnccn1.c1cncnc1.c1cncnc1.c1cncnc1.c1cnoc1.c1cnsc1.c1cocn1.c1cscn1. The van der Waals surface area contributed by atoms with Gasteiger partial charge in [0.1, 0.15) is 31.5 Å². The molecule has 6 N–H and O–H groups in total. The van der Waals surface area contributed by atoms with Crippen LogP contribution in [0.5, 0.6) is 0 Å². The average molecular weight is 2130 g/mol. The minimum Gasteiger partial charge on any atom is -0.473 e. The van der Waals surface area contributed by atoms with Gasteiger partial charge in [-0.25, -0.2) is 49.2 Å². The summed E-state index contributed by atoms with van der Waals surface area (Å²) in [6.07, 6.45) is 64.8. The van der Waals surface area contributed by atoms with E-state index in [1.54, 1.807) is 273 Å². The molecule has 0 saturated carbocycles. The molecule has 0 unspecified atom stereocenters. The van der Waals surface area contributed by atoms with Crippen molar-refractivity contribution < 1.29 is 13.4 Å². The number of imidazole rings is 2. The van der Waals surface area contributed by atoms with Crippen LogP contribution in [-0.2, 0) is 0 Å². The smallest absolute Gasteiger partial charge is 0.180 e. The van der Waals surface area contributed by atoms with E-state index >= 15 is 0 Å². The first-order chi connectivity index (χ1) is 65.3. The molecule has 22 aromatic heterocycles. The summed E-state index contributed by atoms with van der Waals surface area (Å²) in [5.74, 6) is 0. The Kier molecular flexibility index (Phi) is 127. The van der Waals surface area contributed by atoms with Crippen LogP contribution in [0.2, 0.25) is 0 Å². The molecule has 0 atom stereocenters. The summed E-state index contributed by atoms with van der Waals surface area (Å²) >= 11 is 10.2. The second kappa shape index (κ2) is 120. The van der Waals surface area contributed by atoms with Crippen LogP contribution >= 0.6 is 68.2 Å². The topological polar surface area (TPSA) is 418 Å². The third kappa shape index (κ3) is 89.0. The average Bonchev–Trinajstić information content (AvgIpc) is 1.84. The molecule has 0 aliphatic heterocycles. The normalized spacial score (nSPS) is 7.76. The van der Waals surface area contributed by atoms with Crippen molar-refractivity contribution in [2.24, 2.45) is 0 Å². The quantitative estimate of drug-likeness (QED) is 0.0821. The summed E-state index contributed by atoms with van der Waals surface area (Å²) in [7, 11) is 0. The molecule has 796 valence electrons. The summed E-state index contributed by atoms with van der Waals surface area (Å²) in [5, 5.41) is 42.9. The van der Waals surface area contributed by atoms with Gasteiger partial charge in [-0.2, -0.15) is 42.0 Å². The molecule has 26 aromatic rings. The number of nitrogens with one attached hydrogen (secondary N) is 6. The first-order valence-electron chi connectivity index (χ1n) is 38.6. The first-order valence-corrected chi connectivity index (χ1v) is 44.0. The Balaban J connectivity index is -0.000000131. The second-order valence-corrected chi connectivity index (χ2v) is 27.6. The van der Waals surface area contributed by atoms with Crippen LogP contribution in [0.4, 0.5) is 0 Å². The van der Waals surface area contributed by atoms with Gasteiger partial charge >= 0.3 is 0 Å². The molecule has 4 aromatic carbocycles. The van der Waals surface area contributed by atoms with Crippen LogP contribution in [0.25, 0.3) is 52.5 Å². The number of nitrogens with zero attached hydrogens (tertiary/aromatic N) is 22. The number of hydrogen-bond acceptors (Lipinski definition) is 31. The number of hydrogen-bond donors (Lipinski definition) is 6. The molecular formula is C111H158N28O3S6. The van der Waals surface area contributed by atoms with Crippen molar-refractivity contribution in [3.05, 3.63) is 510 Å². The van der Waals surface area contributed by atoms with E-state index in [4.69, 9.17) is 0 Å². The van der Waals surface area contributed by atoms with Gasteiger partial charge in [0.15, 0.2) is 6.39 Å². The molecule has 0 aliphatic rings. The minimum absolute atomic E-state index is 0. The zero-order chi connectivity index (χ0) is 91.3. The second-order valence-electron chi connectivity index (χ2n) is 22.5. The van der Waals surface area contributed by atoms with E-state index in [9.17, 15) is 0 Å². The summed E-state index contributed by atoms with van der Waals surface area (Å²) < 4.78 is 21.3. The van der Waals surface area contributed by atoms with Crippen LogP contribution in [-0.4, -0.2) is 140 Å². The number of rotatable bonds is 0. The number of fused-ring (bicyclic) bond motifs is 5. The maximum absolute atomic E-state index is 4.58. The lowest BCUT2D eigenvalue weighted by Crippen LogP contribution is -1.78. The molecule has 0 bridgehead atoms. The van der Waals surface area contributed by atoms with Gasteiger partial charge in [-0.3, -0.25) is 35.0 Å². The number of aromatic nitrogens is 28. The van der Waals surface area contributed by atoms with Crippen molar-refractivity contribution in [1.29, 1.82) is 0 Å². The Labute approximate surface area is 904 Å². The lowest BCUT2D eigenvalue weighted by molar-refractivity contribution is 0.420. The lowest BCUT2D eigenvalue weighted by atomic mass is 10.3. The number of para-hydroxylation sites is 5. The molecular weight excluding hydrogens is 1970 g/mol. The number of benzene rings is 4. The van der Waals surface area contributed by atoms with Crippen molar-refractivity contribution in [2.45, 2.75) is 126 Å². The van der Waals surface area contributed by atoms with E-state index in [0.717, 1.165) is 22.1 Å². The summed E-state index contributed by atoms with van der Waals surface area (Å²) in [5.41, 5.74) is 7.02. The number of furan rings is 1. The van der Waals surface area contributed by atoms with Crippen LogP contribution in [0, 0.1) is 0 Å². The number of aromatic amines is 6. The zero-order valence-electron chi connectivity index (χ0n) is 70.0. The van der Waals surface area contributed by atoms with E-state index in [2.05, 4.69) is 230 Å². The number of pyridine rings is 1. The van der Waals surface area contributed by atoms with Crippen LogP contribution < -0.4 is 0 Å². The predicted octanol–water partition coefficient (Wildman–Crippen LogP) is 33.8. The number of H-pyrrole nitrogens is 6. The first kappa shape index (κ1) is 156. The Morgan fingerprint density at radius 2 is 0.764 bits per heavy atom. The van der Waals surface area contributed by atoms with Gasteiger partial charge < -0.3 is 33.3 Å². The molecule has 0 aliphatic carbocycles. The van der Waals surface area contributed by atoms with Crippen molar-refractivity contribution >= 4 is 121 Å². The highest BCUT2D eigenvalue weighted by molar-refractivity contribution is 7.25. The molecule has 22 heterocycles. The van der Waals surface area contributed by atoms with Gasteiger partial charge in [0.05, 0.1) is 77.5 Å². The van der Waals surface area contributed by atoms with Gasteiger partial charge in [-0.15, -0.1) is 45.3 Å². The highest BCUT2D eigenvalue weighted by Crippen LogP contribution is 2.25. The third-order valence-corrected chi connectivity index (χ3v) is 17.9. The lowest BCUT2D eigenvalue weighted by Gasteiger charge is -1.90. The summed E-state index contributed by atoms with van der Waals surface area (Å²) in [6, 6.07) is 72.6.